The summed E-state index contributed by atoms with van der Waals surface area (Å²) < 4.78 is 5.65. The Hall–Kier alpha value is -1.71. The van der Waals surface area contributed by atoms with Crippen LogP contribution in [-0.2, 0) is 0 Å². The number of carbonyl (C=O) groups is 1. The highest BCUT2D eigenvalue weighted by Crippen LogP contribution is 2.31. The Morgan fingerprint density at radius 2 is 2.29 bits per heavy atom. The molecule has 0 bridgehead atoms. The van der Waals surface area contributed by atoms with E-state index in [1.165, 1.54) is 19.3 Å². The molecule has 1 aromatic carbocycles. The number of benzene rings is 1. The number of amides is 1. The zero-order chi connectivity index (χ0) is 15.1. The normalized spacial score (nSPS) is 14.6. The average molecular weight is 290 g/mol. The molecule has 1 amide bonds. The highest BCUT2D eigenvalue weighted by Gasteiger charge is 2.19. The van der Waals surface area contributed by atoms with E-state index in [2.05, 4.69) is 24.5 Å². The molecule has 0 aromatic heterocycles. The Morgan fingerprint density at radius 3 is 3.05 bits per heavy atom. The highest BCUT2D eigenvalue weighted by atomic mass is 16.5. The maximum Gasteiger partial charge on any atom is 0.255 e. The van der Waals surface area contributed by atoms with Crippen molar-refractivity contribution in [3.8, 4) is 5.75 Å². The summed E-state index contributed by atoms with van der Waals surface area (Å²) in [6.07, 6.45) is 4.71. The van der Waals surface area contributed by atoms with Gasteiger partial charge in [-0.1, -0.05) is 39.2 Å². The Morgan fingerprint density at radius 1 is 1.43 bits per heavy atom. The van der Waals surface area contributed by atoms with Crippen LogP contribution in [0.1, 0.15) is 49.9 Å². The smallest absolute Gasteiger partial charge is 0.255 e. The number of rotatable bonds is 7. The number of para-hydroxylation sites is 1. The van der Waals surface area contributed by atoms with Gasteiger partial charge in [0.2, 0.25) is 0 Å². The third-order valence-corrected chi connectivity index (χ3v) is 4.02. The van der Waals surface area contributed by atoms with E-state index in [0.717, 1.165) is 25.2 Å². The lowest BCUT2D eigenvalue weighted by molar-refractivity contribution is 0.0941. The summed E-state index contributed by atoms with van der Waals surface area (Å²) >= 11 is 0. The van der Waals surface area contributed by atoms with Crippen LogP contribution in [0, 0.1) is 5.92 Å². The van der Waals surface area contributed by atoms with Crippen molar-refractivity contribution < 1.29 is 9.53 Å². The van der Waals surface area contributed by atoms with E-state index in [0.29, 0.717) is 23.8 Å². The lowest BCUT2D eigenvalue weighted by atomic mass is 9.99. The van der Waals surface area contributed by atoms with Gasteiger partial charge in [0.05, 0.1) is 11.3 Å². The molecule has 1 aliphatic rings. The van der Waals surface area contributed by atoms with Crippen molar-refractivity contribution in [3.05, 3.63) is 23.8 Å². The molecule has 0 fully saturated rings. The molecule has 1 heterocycles. The fourth-order valence-corrected chi connectivity index (χ4v) is 2.62. The largest absolute Gasteiger partial charge is 0.489 e. The fraction of sp³-hybridized carbons (Fsp3) is 0.588. The van der Waals surface area contributed by atoms with Gasteiger partial charge in [-0.25, -0.2) is 0 Å². The van der Waals surface area contributed by atoms with Crippen molar-refractivity contribution in [3.63, 3.8) is 0 Å². The molecule has 21 heavy (non-hydrogen) atoms. The van der Waals surface area contributed by atoms with Crippen molar-refractivity contribution in [2.24, 2.45) is 5.92 Å². The number of carbonyl (C=O) groups excluding carboxylic acids is 1. The minimum absolute atomic E-state index is 0.0366. The van der Waals surface area contributed by atoms with Crippen molar-refractivity contribution in [1.82, 2.24) is 5.32 Å². The molecule has 0 spiro atoms. The standard InChI is InChI=1S/C17H26N2O2/c1-3-5-7-13(4-2)12-19-17(20)14-8-6-9-15-16(14)21-11-10-18-15/h6,8-9,13,18H,3-5,7,10-12H2,1-2H3,(H,19,20). The highest BCUT2D eigenvalue weighted by molar-refractivity contribution is 5.98. The first-order valence-electron chi connectivity index (χ1n) is 8.04. The maximum atomic E-state index is 12.4. The summed E-state index contributed by atoms with van der Waals surface area (Å²) in [7, 11) is 0. The molecule has 0 radical (unpaired) electrons. The Kier molecular flexibility index (Phi) is 5.90. The fourth-order valence-electron chi connectivity index (χ4n) is 2.62. The summed E-state index contributed by atoms with van der Waals surface area (Å²) in [5.41, 5.74) is 1.54. The van der Waals surface area contributed by atoms with Crippen LogP contribution >= 0.6 is 0 Å². The molecular formula is C17H26N2O2. The van der Waals surface area contributed by atoms with Crippen LogP contribution in [0.3, 0.4) is 0 Å². The second-order valence-electron chi connectivity index (χ2n) is 5.58. The summed E-state index contributed by atoms with van der Waals surface area (Å²) in [6, 6.07) is 5.67. The molecular weight excluding hydrogens is 264 g/mol. The van der Waals surface area contributed by atoms with Crippen LogP contribution in [0.25, 0.3) is 0 Å². The van der Waals surface area contributed by atoms with Gasteiger partial charge in [0.25, 0.3) is 5.91 Å². The van der Waals surface area contributed by atoms with E-state index in [9.17, 15) is 4.79 Å². The van der Waals surface area contributed by atoms with E-state index in [1.54, 1.807) is 0 Å². The Bertz CT molecular complexity index is 474. The average Bonchev–Trinajstić information content (AvgIpc) is 2.54. The second kappa shape index (κ2) is 7.91. The van der Waals surface area contributed by atoms with Gasteiger partial charge in [0, 0.05) is 13.1 Å². The van der Waals surface area contributed by atoms with Crippen LogP contribution in [0.2, 0.25) is 0 Å². The molecule has 116 valence electrons. The van der Waals surface area contributed by atoms with Gasteiger partial charge in [-0.3, -0.25) is 4.79 Å². The van der Waals surface area contributed by atoms with Gasteiger partial charge < -0.3 is 15.4 Å². The van der Waals surface area contributed by atoms with E-state index in [1.807, 2.05) is 18.2 Å². The van der Waals surface area contributed by atoms with Crippen LogP contribution in [0.5, 0.6) is 5.75 Å². The molecule has 4 nitrogen and oxygen atoms in total. The first kappa shape index (κ1) is 15.7. The molecule has 1 unspecified atom stereocenters. The molecule has 4 heteroatoms. The SMILES string of the molecule is CCCCC(CC)CNC(=O)c1cccc2c1OCCN2. The van der Waals surface area contributed by atoms with Crippen LogP contribution in [0.15, 0.2) is 18.2 Å². The molecule has 1 aliphatic heterocycles. The third-order valence-electron chi connectivity index (χ3n) is 4.02. The third kappa shape index (κ3) is 4.13. The van der Waals surface area contributed by atoms with Crippen LogP contribution in [-0.4, -0.2) is 25.6 Å². The lowest BCUT2D eigenvalue weighted by Crippen LogP contribution is -2.30. The van der Waals surface area contributed by atoms with E-state index in [4.69, 9.17) is 4.74 Å². The second-order valence-corrected chi connectivity index (χ2v) is 5.58. The quantitative estimate of drug-likeness (QED) is 0.809. The number of anilines is 1. The molecule has 0 saturated carbocycles. The van der Waals surface area contributed by atoms with E-state index >= 15 is 0 Å². The predicted octanol–water partition coefficient (Wildman–Crippen LogP) is 3.44. The van der Waals surface area contributed by atoms with Gasteiger partial charge in [0.1, 0.15) is 6.61 Å². The van der Waals surface area contributed by atoms with Crippen LogP contribution < -0.4 is 15.4 Å². The first-order chi connectivity index (χ1) is 10.3. The molecule has 2 N–H and O–H groups in total. The minimum Gasteiger partial charge on any atom is -0.489 e. The van der Waals surface area contributed by atoms with Gasteiger partial charge in [0.15, 0.2) is 5.75 Å². The number of ether oxygens (including phenoxy) is 1. The maximum absolute atomic E-state index is 12.4. The van der Waals surface area contributed by atoms with Gasteiger partial charge >= 0.3 is 0 Å². The topological polar surface area (TPSA) is 50.4 Å². The zero-order valence-corrected chi connectivity index (χ0v) is 13.1. The molecule has 1 aromatic rings. The predicted molar refractivity (Wildman–Crippen MR) is 86.1 cm³/mol. The Balaban J connectivity index is 1.97. The summed E-state index contributed by atoms with van der Waals surface area (Å²) in [5, 5.41) is 6.32. The number of unbranched alkanes of at least 4 members (excludes halogenated alkanes) is 1. The summed E-state index contributed by atoms with van der Waals surface area (Å²) in [4.78, 5) is 12.4. The van der Waals surface area contributed by atoms with Gasteiger partial charge in [-0.2, -0.15) is 0 Å². The number of fused-ring (bicyclic) bond motifs is 1. The number of nitrogens with one attached hydrogen (secondary N) is 2. The van der Waals surface area contributed by atoms with E-state index < -0.39 is 0 Å². The molecule has 2 rings (SSSR count). The van der Waals surface area contributed by atoms with Crippen molar-refractivity contribution >= 4 is 11.6 Å². The Labute approximate surface area is 127 Å². The molecule has 0 saturated heterocycles. The number of hydrogen-bond donors (Lipinski definition) is 2. The first-order valence-corrected chi connectivity index (χ1v) is 8.04. The van der Waals surface area contributed by atoms with Crippen molar-refractivity contribution in [2.45, 2.75) is 39.5 Å². The molecule has 1 atom stereocenters. The zero-order valence-electron chi connectivity index (χ0n) is 13.1. The van der Waals surface area contributed by atoms with Crippen molar-refractivity contribution in [1.29, 1.82) is 0 Å². The molecule has 0 aliphatic carbocycles. The van der Waals surface area contributed by atoms with Gasteiger partial charge in [-0.05, 0) is 24.5 Å². The lowest BCUT2D eigenvalue weighted by Gasteiger charge is -2.22. The monoisotopic (exact) mass is 290 g/mol. The summed E-state index contributed by atoms with van der Waals surface area (Å²) in [5.74, 6) is 1.21. The van der Waals surface area contributed by atoms with E-state index in [-0.39, 0.29) is 5.91 Å². The minimum atomic E-state index is -0.0366. The van der Waals surface area contributed by atoms with Crippen LogP contribution in [0.4, 0.5) is 5.69 Å². The number of hydrogen-bond acceptors (Lipinski definition) is 3. The van der Waals surface area contributed by atoms with Gasteiger partial charge in [-0.15, -0.1) is 0 Å². The van der Waals surface area contributed by atoms with Crippen molar-refractivity contribution in [2.75, 3.05) is 25.0 Å². The summed E-state index contributed by atoms with van der Waals surface area (Å²) in [6.45, 7) is 6.51.